The smallest absolute Gasteiger partial charge is 0.198 e. The molecule has 17 heavy (non-hydrogen) atoms. The van der Waals surface area contributed by atoms with E-state index in [-0.39, 0.29) is 6.42 Å². The van der Waals surface area contributed by atoms with Crippen molar-refractivity contribution in [3.8, 4) is 0 Å². The third kappa shape index (κ3) is 2.55. The Labute approximate surface area is 102 Å². The molecule has 98 valence electrons. The van der Waals surface area contributed by atoms with E-state index in [1.165, 1.54) is 11.8 Å². The summed E-state index contributed by atoms with van der Waals surface area (Å²) in [7, 11) is 1.60. The van der Waals surface area contributed by atoms with E-state index in [4.69, 9.17) is 9.84 Å². The van der Waals surface area contributed by atoms with Crippen LogP contribution in [0.1, 0.15) is 6.42 Å². The van der Waals surface area contributed by atoms with Crippen LogP contribution < -0.4 is 5.32 Å². The van der Waals surface area contributed by atoms with Gasteiger partial charge >= 0.3 is 0 Å². The first-order valence-corrected chi connectivity index (χ1v) is 6.14. The van der Waals surface area contributed by atoms with Crippen LogP contribution in [0.25, 0.3) is 0 Å². The molecule has 2 heterocycles. The van der Waals surface area contributed by atoms with Crippen LogP contribution in [0.5, 0.6) is 0 Å². The molecule has 6 atom stereocenters. The average molecular weight is 266 g/mol. The van der Waals surface area contributed by atoms with Crippen molar-refractivity contribution in [2.75, 3.05) is 7.05 Å². The number of alkyl halides is 1. The Balaban J connectivity index is 2.08. The van der Waals surface area contributed by atoms with Crippen molar-refractivity contribution in [2.24, 2.45) is 4.99 Å². The third-order valence-electron chi connectivity index (χ3n) is 2.85. The molecule has 4 N–H and O–H groups in total. The zero-order valence-electron chi connectivity index (χ0n) is 9.15. The van der Waals surface area contributed by atoms with E-state index in [1.807, 2.05) is 0 Å². The minimum absolute atomic E-state index is 0.361. The van der Waals surface area contributed by atoms with Gasteiger partial charge in [0.05, 0.1) is 12.1 Å². The number of aliphatic imine (C=N–C) groups is 1. The van der Waals surface area contributed by atoms with Gasteiger partial charge in [0.2, 0.25) is 0 Å². The number of ether oxygens (including phenoxy) is 1. The first-order chi connectivity index (χ1) is 8.02. The minimum Gasteiger partial charge on any atom is -0.388 e. The summed E-state index contributed by atoms with van der Waals surface area (Å²) in [5, 5.41) is 31.8. The third-order valence-corrected chi connectivity index (χ3v) is 4.01. The molecular weight excluding hydrogens is 251 g/mol. The maximum Gasteiger partial charge on any atom is 0.198 e. The zero-order valence-corrected chi connectivity index (χ0v) is 9.97. The molecule has 8 heteroatoms. The summed E-state index contributed by atoms with van der Waals surface area (Å²) in [5.74, 6) is 0. The molecule has 2 saturated heterocycles. The molecule has 0 bridgehead atoms. The van der Waals surface area contributed by atoms with Crippen LogP contribution in [-0.2, 0) is 4.74 Å². The standard InChI is InChI=1S/C9H15FN2O4S/c1-11-9-12-5-7(15)6(14)3(2-4(10)13)16-8(5)17-9/h3-8,13-15H,2H2,1H3,(H,11,12)/t3-,4+,5+,6+,7+,8+/m0/s1. The predicted octanol–water partition coefficient (Wildman–Crippen LogP) is -1.20. The van der Waals surface area contributed by atoms with Crippen LogP contribution in [0.3, 0.4) is 0 Å². The van der Waals surface area contributed by atoms with E-state index >= 15 is 0 Å². The zero-order chi connectivity index (χ0) is 12.6. The monoisotopic (exact) mass is 266 g/mol. The molecule has 0 saturated carbocycles. The molecule has 2 aliphatic rings. The van der Waals surface area contributed by atoms with Gasteiger partial charge < -0.3 is 25.4 Å². The van der Waals surface area contributed by atoms with Gasteiger partial charge in [-0.25, -0.2) is 4.39 Å². The van der Waals surface area contributed by atoms with Crippen molar-refractivity contribution in [1.82, 2.24) is 5.32 Å². The summed E-state index contributed by atoms with van der Waals surface area (Å²) in [6.45, 7) is 0. The van der Waals surface area contributed by atoms with Gasteiger partial charge in [-0.3, -0.25) is 4.99 Å². The van der Waals surface area contributed by atoms with Gasteiger partial charge in [-0.15, -0.1) is 0 Å². The molecule has 2 fully saturated rings. The molecule has 2 aliphatic heterocycles. The first kappa shape index (κ1) is 13.0. The van der Waals surface area contributed by atoms with Crippen molar-refractivity contribution in [3.63, 3.8) is 0 Å². The SMILES string of the molecule is CN=C1N[C@@H]2[C@@H](O)[C@H](O)[C@H](C[C@@H](O)F)O[C@@H]2S1. The molecule has 0 aromatic rings. The lowest BCUT2D eigenvalue weighted by atomic mass is 9.96. The number of rotatable bonds is 2. The Morgan fingerprint density at radius 1 is 1.53 bits per heavy atom. The number of nitrogens with zero attached hydrogens (tertiary/aromatic N) is 1. The lowest BCUT2D eigenvalue weighted by Gasteiger charge is -2.38. The van der Waals surface area contributed by atoms with Gasteiger partial charge in [0.15, 0.2) is 11.5 Å². The van der Waals surface area contributed by atoms with E-state index in [1.54, 1.807) is 7.05 Å². The van der Waals surface area contributed by atoms with Gasteiger partial charge in [0.1, 0.15) is 17.6 Å². The number of hydrogen-bond donors (Lipinski definition) is 4. The Hall–Kier alpha value is -0.410. The Morgan fingerprint density at radius 3 is 2.82 bits per heavy atom. The van der Waals surface area contributed by atoms with Gasteiger partial charge in [0, 0.05) is 13.5 Å². The Bertz CT molecular complexity index is 317. The highest BCUT2D eigenvalue weighted by atomic mass is 32.2. The second kappa shape index (κ2) is 5.07. The molecule has 0 spiro atoms. The van der Waals surface area contributed by atoms with E-state index in [2.05, 4.69) is 10.3 Å². The lowest BCUT2D eigenvalue weighted by Crippen LogP contribution is -2.59. The Morgan fingerprint density at radius 2 is 2.24 bits per heavy atom. The number of nitrogens with one attached hydrogen (secondary N) is 1. The van der Waals surface area contributed by atoms with Crippen molar-refractivity contribution in [2.45, 2.75) is 42.6 Å². The van der Waals surface area contributed by atoms with Crippen LogP contribution in [0, 0.1) is 0 Å². The van der Waals surface area contributed by atoms with Gasteiger partial charge in [-0.05, 0) is 0 Å². The van der Waals surface area contributed by atoms with Crippen molar-refractivity contribution >= 4 is 16.9 Å². The van der Waals surface area contributed by atoms with E-state index < -0.39 is 36.1 Å². The van der Waals surface area contributed by atoms with Crippen LogP contribution in [0.15, 0.2) is 4.99 Å². The maximum absolute atomic E-state index is 12.5. The van der Waals surface area contributed by atoms with Gasteiger partial charge in [-0.2, -0.15) is 0 Å². The molecule has 0 aromatic heterocycles. The van der Waals surface area contributed by atoms with Crippen molar-refractivity contribution < 1.29 is 24.4 Å². The molecule has 2 rings (SSSR count). The quantitative estimate of drug-likeness (QED) is 0.502. The fourth-order valence-corrected chi connectivity index (χ4v) is 3.08. The van der Waals surface area contributed by atoms with Gasteiger partial charge in [-0.1, -0.05) is 11.8 Å². The number of hydrogen-bond acceptors (Lipinski definition) is 6. The summed E-state index contributed by atoms with van der Waals surface area (Å²) in [6.07, 6.45) is -5.66. The maximum atomic E-state index is 12.5. The second-order valence-electron chi connectivity index (χ2n) is 4.01. The van der Waals surface area contributed by atoms with Crippen molar-refractivity contribution in [3.05, 3.63) is 0 Å². The average Bonchev–Trinajstić information content (AvgIpc) is 2.68. The highest BCUT2D eigenvalue weighted by Gasteiger charge is 2.49. The summed E-state index contributed by atoms with van der Waals surface area (Å²) >= 11 is 1.27. The molecular formula is C9H15FN2O4S. The summed E-state index contributed by atoms with van der Waals surface area (Å²) in [5.41, 5.74) is -0.434. The van der Waals surface area contributed by atoms with Crippen LogP contribution >= 0.6 is 11.8 Å². The molecule has 6 nitrogen and oxygen atoms in total. The van der Waals surface area contributed by atoms with Gasteiger partial charge in [0.25, 0.3) is 0 Å². The number of aliphatic hydroxyl groups is 3. The summed E-state index contributed by atoms with van der Waals surface area (Å²) in [4.78, 5) is 3.93. The second-order valence-corrected chi connectivity index (χ2v) is 5.10. The van der Waals surface area contributed by atoms with Crippen LogP contribution in [0.2, 0.25) is 0 Å². The summed E-state index contributed by atoms with van der Waals surface area (Å²) in [6, 6.07) is -0.471. The number of aliphatic hydroxyl groups excluding tert-OH is 3. The number of amidine groups is 1. The highest BCUT2D eigenvalue weighted by molar-refractivity contribution is 8.14. The van der Waals surface area contributed by atoms with E-state index in [0.29, 0.717) is 5.17 Å². The molecule has 0 aromatic carbocycles. The predicted molar refractivity (Wildman–Crippen MR) is 60.3 cm³/mol. The van der Waals surface area contributed by atoms with Crippen LogP contribution in [-0.4, -0.2) is 63.7 Å². The summed E-state index contributed by atoms with van der Waals surface area (Å²) < 4.78 is 18.0. The fourth-order valence-electron chi connectivity index (χ4n) is 1.98. The number of halogens is 1. The normalized spacial score (nSPS) is 45.5. The molecule has 0 aliphatic carbocycles. The topological polar surface area (TPSA) is 94.3 Å². The van der Waals surface area contributed by atoms with E-state index in [9.17, 15) is 14.6 Å². The Kier molecular flexibility index (Phi) is 3.88. The van der Waals surface area contributed by atoms with Crippen LogP contribution in [0.4, 0.5) is 4.39 Å². The van der Waals surface area contributed by atoms with E-state index in [0.717, 1.165) is 0 Å². The molecule has 0 amide bonds. The number of fused-ring (bicyclic) bond motifs is 1. The molecule has 0 radical (unpaired) electrons. The largest absolute Gasteiger partial charge is 0.388 e. The minimum atomic E-state index is -2.07. The highest BCUT2D eigenvalue weighted by Crippen LogP contribution is 2.35. The fraction of sp³-hybridized carbons (Fsp3) is 0.889. The van der Waals surface area contributed by atoms with Crippen molar-refractivity contribution in [1.29, 1.82) is 0 Å². The molecule has 0 unspecified atom stereocenters. The first-order valence-electron chi connectivity index (χ1n) is 5.26. The number of thioether (sulfide) groups is 1. The lowest BCUT2D eigenvalue weighted by molar-refractivity contribution is -0.172.